The first-order valence-electron chi connectivity index (χ1n) is 7.68. The fourth-order valence-corrected chi connectivity index (χ4v) is 4.21. The Kier molecular flexibility index (Phi) is 5.24. The van der Waals surface area contributed by atoms with Crippen molar-refractivity contribution in [2.24, 2.45) is 5.92 Å². The molecule has 1 aromatic carbocycles. The largest absolute Gasteiger partial charge is 0.359 e. The van der Waals surface area contributed by atoms with E-state index >= 15 is 0 Å². The van der Waals surface area contributed by atoms with Crippen molar-refractivity contribution in [3.05, 3.63) is 29.8 Å². The summed E-state index contributed by atoms with van der Waals surface area (Å²) in [6, 6.07) is 7.09. The molecule has 1 fully saturated rings. The third-order valence-electron chi connectivity index (χ3n) is 4.26. The molecule has 0 radical (unpaired) electrons. The highest BCUT2D eigenvalue weighted by Gasteiger charge is 2.31. The molecule has 22 heavy (non-hydrogen) atoms. The fraction of sp³-hybridized carbons (Fsp3) is 0.562. The molecule has 0 unspecified atom stereocenters. The van der Waals surface area contributed by atoms with Crippen LogP contribution in [0.3, 0.4) is 0 Å². The molecule has 1 N–H and O–H groups in total. The summed E-state index contributed by atoms with van der Waals surface area (Å²) >= 11 is 0. The second-order valence-electron chi connectivity index (χ2n) is 6.02. The van der Waals surface area contributed by atoms with Crippen LogP contribution < -0.4 is 5.32 Å². The molecular formula is C16H24N2O3S. The number of hydrogen-bond acceptors (Lipinski definition) is 3. The number of rotatable bonds is 4. The van der Waals surface area contributed by atoms with Gasteiger partial charge in [0.25, 0.3) is 0 Å². The molecule has 5 nitrogen and oxygen atoms in total. The van der Waals surface area contributed by atoms with E-state index in [1.807, 2.05) is 12.1 Å². The van der Waals surface area contributed by atoms with Crippen LogP contribution in [0.25, 0.3) is 0 Å². The number of nitrogens with zero attached hydrogens (tertiary/aromatic N) is 1. The van der Waals surface area contributed by atoms with Gasteiger partial charge in [-0.15, -0.1) is 0 Å². The quantitative estimate of drug-likeness (QED) is 0.920. The summed E-state index contributed by atoms with van der Waals surface area (Å²) in [6.07, 6.45) is 1.14. The van der Waals surface area contributed by atoms with Gasteiger partial charge in [-0.3, -0.25) is 4.79 Å². The fourth-order valence-electron chi connectivity index (χ4n) is 2.74. The minimum absolute atomic E-state index is 0.00154. The van der Waals surface area contributed by atoms with Crippen LogP contribution in [0.4, 0.5) is 0 Å². The molecule has 1 aliphatic heterocycles. The molecule has 0 bridgehead atoms. The van der Waals surface area contributed by atoms with E-state index in [2.05, 4.69) is 19.2 Å². The lowest BCUT2D eigenvalue weighted by Gasteiger charge is -2.30. The molecule has 0 saturated carbocycles. The Bertz CT molecular complexity index is 615. The maximum atomic E-state index is 12.6. The van der Waals surface area contributed by atoms with Gasteiger partial charge >= 0.3 is 0 Å². The van der Waals surface area contributed by atoms with Gasteiger partial charge in [-0.1, -0.05) is 26.0 Å². The van der Waals surface area contributed by atoms with Gasteiger partial charge in [0.15, 0.2) is 0 Å². The third kappa shape index (κ3) is 3.50. The first-order chi connectivity index (χ1) is 10.4. The average Bonchev–Trinajstić information content (AvgIpc) is 2.54. The van der Waals surface area contributed by atoms with E-state index in [0.717, 1.165) is 5.56 Å². The minimum Gasteiger partial charge on any atom is -0.359 e. The highest BCUT2D eigenvalue weighted by molar-refractivity contribution is 7.89. The van der Waals surface area contributed by atoms with E-state index in [0.29, 0.717) is 36.7 Å². The summed E-state index contributed by atoms with van der Waals surface area (Å²) in [5.74, 6) is 0.290. The Morgan fingerprint density at radius 2 is 1.73 bits per heavy atom. The van der Waals surface area contributed by atoms with Crippen molar-refractivity contribution >= 4 is 15.9 Å². The zero-order chi connectivity index (χ0) is 16.3. The van der Waals surface area contributed by atoms with Crippen molar-refractivity contribution in [3.63, 3.8) is 0 Å². The van der Waals surface area contributed by atoms with Gasteiger partial charge in [-0.05, 0) is 36.5 Å². The van der Waals surface area contributed by atoms with Crippen molar-refractivity contribution < 1.29 is 13.2 Å². The molecule has 6 heteroatoms. The number of carbonyl (C=O) groups is 1. The molecule has 1 amide bonds. The first kappa shape index (κ1) is 17.0. The Labute approximate surface area is 132 Å². The zero-order valence-corrected chi connectivity index (χ0v) is 14.2. The first-order valence-corrected chi connectivity index (χ1v) is 9.12. The summed E-state index contributed by atoms with van der Waals surface area (Å²) in [5, 5.41) is 2.63. The lowest BCUT2D eigenvalue weighted by Crippen LogP contribution is -2.42. The molecule has 1 heterocycles. The SMILES string of the molecule is CNC(=O)C1CCN(S(=O)(=O)c2ccc(C(C)C)cc2)CC1. The van der Waals surface area contributed by atoms with Crippen LogP contribution in [-0.4, -0.2) is 38.8 Å². The lowest BCUT2D eigenvalue weighted by molar-refractivity contribution is -0.125. The molecule has 122 valence electrons. The van der Waals surface area contributed by atoms with Gasteiger partial charge in [-0.25, -0.2) is 8.42 Å². The van der Waals surface area contributed by atoms with E-state index in [4.69, 9.17) is 0 Å². The van der Waals surface area contributed by atoms with Crippen LogP contribution in [0.5, 0.6) is 0 Å². The summed E-state index contributed by atoms with van der Waals surface area (Å²) in [6.45, 7) is 4.94. The molecule has 0 atom stereocenters. The molecule has 2 rings (SSSR count). The van der Waals surface area contributed by atoms with Crippen LogP contribution in [0.2, 0.25) is 0 Å². The summed E-state index contributed by atoms with van der Waals surface area (Å²) in [5.41, 5.74) is 1.12. The van der Waals surface area contributed by atoms with Gasteiger partial charge < -0.3 is 5.32 Å². The molecule has 0 aromatic heterocycles. The molecule has 1 saturated heterocycles. The zero-order valence-electron chi connectivity index (χ0n) is 13.4. The Balaban J connectivity index is 2.10. The standard InChI is InChI=1S/C16H24N2O3S/c1-12(2)13-4-6-15(7-5-13)22(20,21)18-10-8-14(9-11-18)16(19)17-3/h4-7,12,14H,8-11H2,1-3H3,(H,17,19). The molecular weight excluding hydrogens is 300 g/mol. The van der Waals surface area contributed by atoms with E-state index in [1.54, 1.807) is 19.2 Å². The number of carbonyl (C=O) groups excluding carboxylic acids is 1. The number of piperidine rings is 1. The van der Waals surface area contributed by atoms with Gasteiger partial charge in [0.2, 0.25) is 15.9 Å². The number of benzene rings is 1. The highest BCUT2D eigenvalue weighted by Crippen LogP contribution is 2.25. The molecule has 1 aliphatic rings. The normalized spacial score (nSPS) is 17.6. The lowest BCUT2D eigenvalue weighted by atomic mass is 9.97. The maximum Gasteiger partial charge on any atom is 0.243 e. The number of amides is 1. The average molecular weight is 324 g/mol. The Morgan fingerprint density at radius 3 is 2.18 bits per heavy atom. The predicted octanol–water partition coefficient (Wildman–Crippen LogP) is 1.96. The van der Waals surface area contributed by atoms with E-state index in [1.165, 1.54) is 4.31 Å². The Hall–Kier alpha value is -1.40. The van der Waals surface area contributed by atoms with Crippen LogP contribution in [0, 0.1) is 5.92 Å². The third-order valence-corrected chi connectivity index (χ3v) is 6.17. The van der Waals surface area contributed by atoms with Crippen molar-refractivity contribution in [1.29, 1.82) is 0 Å². The topological polar surface area (TPSA) is 66.5 Å². The van der Waals surface area contributed by atoms with E-state index < -0.39 is 10.0 Å². The predicted molar refractivity (Wildman–Crippen MR) is 86.1 cm³/mol. The van der Waals surface area contributed by atoms with E-state index in [-0.39, 0.29) is 11.8 Å². The second-order valence-corrected chi connectivity index (χ2v) is 7.95. The molecule has 0 spiro atoms. The van der Waals surface area contributed by atoms with Crippen LogP contribution >= 0.6 is 0 Å². The van der Waals surface area contributed by atoms with Gasteiger partial charge in [0, 0.05) is 26.1 Å². The van der Waals surface area contributed by atoms with Crippen molar-refractivity contribution in [1.82, 2.24) is 9.62 Å². The number of sulfonamides is 1. The van der Waals surface area contributed by atoms with Crippen molar-refractivity contribution in [2.45, 2.75) is 37.5 Å². The Morgan fingerprint density at radius 1 is 1.18 bits per heavy atom. The maximum absolute atomic E-state index is 12.6. The summed E-state index contributed by atoms with van der Waals surface area (Å²) in [4.78, 5) is 11.9. The van der Waals surface area contributed by atoms with Gasteiger partial charge in [0.1, 0.15) is 0 Å². The van der Waals surface area contributed by atoms with Gasteiger partial charge in [-0.2, -0.15) is 4.31 Å². The number of hydrogen-bond donors (Lipinski definition) is 1. The monoisotopic (exact) mass is 324 g/mol. The smallest absolute Gasteiger partial charge is 0.243 e. The minimum atomic E-state index is -3.46. The molecule has 0 aliphatic carbocycles. The summed E-state index contributed by atoms with van der Waals surface area (Å²) < 4.78 is 26.8. The molecule has 1 aromatic rings. The van der Waals surface area contributed by atoms with Gasteiger partial charge in [0.05, 0.1) is 4.90 Å². The van der Waals surface area contributed by atoms with Crippen LogP contribution in [0.1, 0.15) is 38.2 Å². The van der Waals surface area contributed by atoms with E-state index in [9.17, 15) is 13.2 Å². The van der Waals surface area contributed by atoms with Crippen molar-refractivity contribution in [2.75, 3.05) is 20.1 Å². The second kappa shape index (κ2) is 6.79. The van der Waals surface area contributed by atoms with Crippen LogP contribution in [-0.2, 0) is 14.8 Å². The summed E-state index contributed by atoms with van der Waals surface area (Å²) in [7, 11) is -1.85. The van der Waals surface area contributed by atoms with Crippen molar-refractivity contribution in [3.8, 4) is 0 Å². The number of nitrogens with one attached hydrogen (secondary N) is 1. The van der Waals surface area contributed by atoms with Crippen LogP contribution in [0.15, 0.2) is 29.2 Å². The highest BCUT2D eigenvalue weighted by atomic mass is 32.2.